The number of alkyl halides is 3. The lowest BCUT2D eigenvalue weighted by Gasteiger charge is -2.25. The zero-order valence-electron chi connectivity index (χ0n) is 9.46. The van der Waals surface area contributed by atoms with E-state index in [0.717, 1.165) is 18.4 Å². The van der Waals surface area contributed by atoms with Gasteiger partial charge < -0.3 is 10.6 Å². The predicted molar refractivity (Wildman–Crippen MR) is 59.8 cm³/mol. The first-order valence-electron chi connectivity index (χ1n) is 5.42. The van der Waals surface area contributed by atoms with E-state index in [4.69, 9.17) is 5.73 Å². The third kappa shape index (κ3) is 3.01. The van der Waals surface area contributed by atoms with Crippen molar-refractivity contribution in [3.63, 3.8) is 0 Å². The second-order valence-electron chi connectivity index (χ2n) is 4.40. The van der Waals surface area contributed by atoms with Crippen LogP contribution in [0, 0.1) is 6.92 Å². The Balaban J connectivity index is 2.26. The molecular formula is C11H14F3N3. The number of pyridine rings is 1. The molecule has 1 fully saturated rings. The van der Waals surface area contributed by atoms with E-state index in [0.29, 0.717) is 5.69 Å². The van der Waals surface area contributed by atoms with E-state index in [1.54, 1.807) is 13.0 Å². The molecular weight excluding hydrogens is 231 g/mol. The molecule has 6 heteroatoms. The summed E-state index contributed by atoms with van der Waals surface area (Å²) in [7, 11) is 0. The molecule has 1 aliphatic carbocycles. The Bertz CT molecular complexity index is 413. The maximum Gasteiger partial charge on any atom is 0.405 e. The first-order valence-corrected chi connectivity index (χ1v) is 5.42. The van der Waals surface area contributed by atoms with Crippen LogP contribution in [-0.2, 0) is 0 Å². The summed E-state index contributed by atoms with van der Waals surface area (Å²) in [5, 5.41) is 0. The Labute approximate surface area is 97.4 Å². The van der Waals surface area contributed by atoms with Gasteiger partial charge in [-0.2, -0.15) is 13.2 Å². The van der Waals surface area contributed by atoms with Gasteiger partial charge in [-0.25, -0.2) is 4.98 Å². The van der Waals surface area contributed by atoms with Gasteiger partial charge in [-0.1, -0.05) is 0 Å². The Morgan fingerprint density at radius 2 is 2.12 bits per heavy atom. The van der Waals surface area contributed by atoms with Crippen molar-refractivity contribution in [1.82, 2.24) is 4.98 Å². The molecule has 17 heavy (non-hydrogen) atoms. The van der Waals surface area contributed by atoms with E-state index in [1.807, 2.05) is 0 Å². The largest absolute Gasteiger partial charge is 0.405 e. The Morgan fingerprint density at radius 1 is 1.47 bits per heavy atom. The highest BCUT2D eigenvalue weighted by molar-refractivity contribution is 5.64. The number of aryl methyl sites for hydroxylation is 1. The number of nitrogens with zero attached hydrogens (tertiary/aromatic N) is 2. The smallest absolute Gasteiger partial charge is 0.396 e. The van der Waals surface area contributed by atoms with Crippen LogP contribution in [0.25, 0.3) is 0 Å². The molecule has 1 aromatic rings. The third-order valence-electron chi connectivity index (χ3n) is 2.64. The van der Waals surface area contributed by atoms with Gasteiger partial charge in [-0.15, -0.1) is 0 Å². The minimum atomic E-state index is -4.23. The van der Waals surface area contributed by atoms with Crippen molar-refractivity contribution in [3.05, 3.63) is 17.8 Å². The van der Waals surface area contributed by atoms with Gasteiger partial charge in [0.2, 0.25) is 0 Å². The molecule has 0 aliphatic heterocycles. The quantitative estimate of drug-likeness (QED) is 0.889. The van der Waals surface area contributed by atoms with Crippen molar-refractivity contribution in [2.75, 3.05) is 17.2 Å². The standard InChI is InChI=1S/C11H14F3N3/c1-7-4-9(15)10(16-5-7)17(8-2-3-8)6-11(12,13)14/h4-5,8H,2-3,6,15H2,1H3. The summed E-state index contributed by atoms with van der Waals surface area (Å²) in [6, 6.07) is 1.57. The summed E-state index contributed by atoms with van der Waals surface area (Å²) in [6.07, 6.45) is -1.16. The van der Waals surface area contributed by atoms with Crippen molar-refractivity contribution >= 4 is 11.5 Å². The van der Waals surface area contributed by atoms with E-state index in [-0.39, 0.29) is 11.9 Å². The Hall–Kier alpha value is -1.46. The topological polar surface area (TPSA) is 42.2 Å². The molecule has 0 atom stereocenters. The third-order valence-corrected chi connectivity index (χ3v) is 2.64. The normalized spacial score (nSPS) is 16.0. The molecule has 0 saturated heterocycles. The summed E-state index contributed by atoms with van der Waals surface area (Å²) in [5.41, 5.74) is 6.88. The van der Waals surface area contributed by atoms with Gasteiger partial charge in [0.05, 0.1) is 5.69 Å². The average molecular weight is 245 g/mol. The van der Waals surface area contributed by atoms with Gasteiger partial charge in [-0.3, -0.25) is 0 Å². The molecule has 0 bridgehead atoms. The van der Waals surface area contributed by atoms with E-state index in [9.17, 15) is 13.2 Å². The van der Waals surface area contributed by atoms with E-state index in [1.165, 1.54) is 11.1 Å². The molecule has 0 spiro atoms. The lowest BCUT2D eigenvalue weighted by Crippen LogP contribution is -2.37. The fourth-order valence-corrected chi connectivity index (χ4v) is 1.78. The minimum absolute atomic E-state index is 0.0749. The van der Waals surface area contributed by atoms with E-state index < -0.39 is 12.7 Å². The molecule has 3 nitrogen and oxygen atoms in total. The van der Waals surface area contributed by atoms with Gasteiger partial charge in [0.1, 0.15) is 6.54 Å². The Morgan fingerprint density at radius 3 is 2.59 bits per heavy atom. The van der Waals surface area contributed by atoms with Crippen LogP contribution in [0.4, 0.5) is 24.7 Å². The van der Waals surface area contributed by atoms with Gasteiger partial charge in [-0.05, 0) is 31.4 Å². The maximum atomic E-state index is 12.5. The Kier molecular flexibility index (Phi) is 2.89. The SMILES string of the molecule is Cc1cnc(N(CC(F)(F)F)C2CC2)c(N)c1. The molecule has 2 N–H and O–H groups in total. The van der Waals surface area contributed by atoms with Crippen molar-refractivity contribution < 1.29 is 13.2 Å². The first-order chi connectivity index (χ1) is 7.87. The second kappa shape index (κ2) is 4.09. The van der Waals surface area contributed by atoms with Crippen LogP contribution in [0.1, 0.15) is 18.4 Å². The zero-order chi connectivity index (χ0) is 12.6. The minimum Gasteiger partial charge on any atom is -0.396 e. The number of nitrogen functional groups attached to an aromatic ring is 1. The van der Waals surface area contributed by atoms with Crippen LogP contribution in [0.5, 0.6) is 0 Å². The zero-order valence-corrected chi connectivity index (χ0v) is 9.46. The van der Waals surface area contributed by atoms with Crippen LogP contribution < -0.4 is 10.6 Å². The van der Waals surface area contributed by atoms with Crippen molar-refractivity contribution in [2.24, 2.45) is 0 Å². The van der Waals surface area contributed by atoms with Crippen molar-refractivity contribution in [2.45, 2.75) is 32.0 Å². The highest BCUT2D eigenvalue weighted by Crippen LogP contribution is 2.35. The molecule has 0 unspecified atom stereocenters. The second-order valence-corrected chi connectivity index (χ2v) is 4.40. The lowest BCUT2D eigenvalue weighted by molar-refractivity contribution is -0.120. The number of anilines is 2. The molecule has 1 aromatic heterocycles. The van der Waals surface area contributed by atoms with Gasteiger partial charge in [0.25, 0.3) is 0 Å². The van der Waals surface area contributed by atoms with Crippen LogP contribution in [0.3, 0.4) is 0 Å². The monoisotopic (exact) mass is 245 g/mol. The summed E-state index contributed by atoms with van der Waals surface area (Å²) >= 11 is 0. The number of rotatable bonds is 3. The highest BCUT2D eigenvalue weighted by atomic mass is 19.4. The van der Waals surface area contributed by atoms with Crippen LogP contribution in [0.2, 0.25) is 0 Å². The fourth-order valence-electron chi connectivity index (χ4n) is 1.78. The number of nitrogens with two attached hydrogens (primary N) is 1. The van der Waals surface area contributed by atoms with Crippen molar-refractivity contribution in [3.8, 4) is 0 Å². The first kappa shape index (κ1) is 12.0. The van der Waals surface area contributed by atoms with E-state index >= 15 is 0 Å². The van der Waals surface area contributed by atoms with Gasteiger partial charge >= 0.3 is 6.18 Å². The molecule has 0 aromatic carbocycles. The highest BCUT2D eigenvalue weighted by Gasteiger charge is 2.39. The molecule has 0 amide bonds. The van der Waals surface area contributed by atoms with Crippen molar-refractivity contribution in [1.29, 1.82) is 0 Å². The number of hydrogen-bond donors (Lipinski definition) is 1. The summed E-state index contributed by atoms with van der Waals surface area (Å²) in [6.45, 7) is 0.816. The average Bonchev–Trinajstić information content (AvgIpc) is 2.96. The number of halogens is 3. The maximum absolute atomic E-state index is 12.5. The molecule has 1 aliphatic rings. The number of hydrogen-bond acceptors (Lipinski definition) is 3. The summed E-state index contributed by atoms with van der Waals surface area (Å²) in [5.74, 6) is 0.246. The molecule has 94 valence electrons. The van der Waals surface area contributed by atoms with Gasteiger partial charge in [0, 0.05) is 12.2 Å². The molecule has 2 rings (SSSR count). The summed E-state index contributed by atoms with van der Waals surface area (Å²) < 4.78 is 37.4. The van der Waals surface area contributed by atoms with Crippen LogP contribution in [0.15, 0.2) is 12.3 Å². The van der Waals surface area contributed by atoms with Crippen LogP contribution in [-0.4, -0.2) is 23.7 Å². The lowest BCUT2D eigenvalue weighted by atomic mass is 10.2. The predicted octanol–water partition coefficient (Wildman–Crippen LogP) is 2.50. The van der Waals surface area contributed by atoms with E-state index in [2.05, 4.69) is 4.98 Å². The molecule has 1 saturated carbocycles. The fraction of sp³-hybridized carbons (Fsp3) is 0.545. The van der Waals surface area contributed by atoms with Gasteiger partial charge in [0.15, 0.2) is 5.82 Å². The van der Waals surface area contributed by atoms with Crippen LogP contribution >= 0.6 is 0 Å². The molecule has 1 heterocycles. The summed E-state index contributed by atoms with van der Waals surface area (Å²) in [4.78, 5) is 5.28. The number of aromatic nitrogens is 1. The molecule has 0 radical (unpaired) electrons.